The summed E-state index contributed by atoms with van der Waals surface area (Å²) in [6.45, 7) is 0. The molecule has 0 aliphatic rings. The topological polar surface area (TPSA) is 100 Å². The van der Waals surface area contributed by atoms with Gasteiger partial charge in [0.2, 0.25) is 0 Å². The van der Waals surface area contributed by atoms with E-state index in [0.717, 1.165) is 22.0 Å². The minimum Gasteiger partial charge on any atom is -0.497 e. The van der Waals surface area contributed by atoms with Crippen LogP contribution in [0, 0.1) is 0 Å². The molecular formula is C28H29N3O6. The molecule has 0 atom stereocenters. The summed E-state index contributed by atoms with van der Waals surface area (Å²) in [5.41, 5.74) is 2.77. The molecular weight excluding hydrogens is 474 g/mol. The Bertz CT molecular complexity index is 1410. The van der Waals surface area contributed by atoms with Gasteiger partial charge < -0.3 is 34.3 Å². The summed E-state index contributed by atoms with van der Waals surface area (Å²) >= 11 is 0. The van der Waals surface area contributed by atoms with Crippen molar-refractivity contribution in [3.63, 3.8) is 0 Å². The number of urea groups is 1. The Morgan fingerprint density at radius 1 is 0.730 bits per heavy atom. The van der Waals surface area contributed by atoms with Gasteiger partial charge in [-0.3, -0.25) is 4.98 Å². The van der Waals surface area contributed by atoms with Crippen molar-refractivity contribution >= 4 is 28.2 Å². The van der Waals surface area contributed by atoms with Gasteiger partial charge in [0.1, 0.15) is 5.75 Å². The van der Waals surface area contributed by atoms with Crippen molar-refractivity contribution in [3.05, 3.63) is 72.1 Å². The van der Waals surface area contributed by atoms with Crippen LogP contribution in [0.5, 0.6) is 28.7 Å². The monoisotopic (exact) mass is 503 g/mol. The smallest absolute Gasteiger partial charge is 0.323 e. The molecule has 4 rings (SSSR count). The average Bonchev–Trinajstić information content (AvgIpc) is 2.93. The summed E-state index contributed by atoms with van der Waals surface area (Å²) in [4.78, 5) is 17.5. The minimum absolute atomic E-state index is 0.407. The first-order chi connectivity index (χ1) is 18.0. The quantitative estimate of drug-likeness (QED) is 0.311. The number of fused-ring (bicyclic) bond motifs is 1. The van der Waals surface area contributed by atoms with Crippen molar-refractivity contribution in [2.45, 2.75) is 6.42 Å². The molecule has 0 radical (unpaired) electrons. The van der Waals surface area contributed by atoms with Crippen molar-refractivity contribution < 1.29 is 28.5 Å². The van der Waals surface area contributed by atoms with Gasteiger partial charge in [-0.15, -0.1) is 0 Å². The van der Waals surface area contributed by atoms with Crippen LogP contribution in [0.4, 0.5) is 16.2 Å². The Balaban J connectivity index is 1.69. The number of nitrogens with zero attached hydrogens (tertiary/aromatic N) is 1. The number of aromatic nitrogens is 1. The SMILES string of the molecule is COc1ccc(NC(=O)Nc2cc(OC)c(OC)cc2Cc2nccc3cc(OC)c(OC)cc23)cc1. The molecule has 0 aliphatic heterocycles. The molecule has 4 aromatic rings. The maximum absolute atomic E-state index is 12.9. The Labute approximate surface area is 215 Å². The molecule has 9 heteroatoms. The van der Waals surface area contributed by atoms with Gasteiger partial charge in [-0.05, 0) is 59.5 Å². The van der Waals surface area contributed by atoms with Crippen LogP contribution >= 0.6 is 0 Å². The van der Waals surface area contributed by atoms with E-state index < -0.39 is 6.03 Å². The van der Waals surface area contributed by atoms with Gasteiger partial charge in [-0.25, -0.2) is 4.79 Å². The van der Waals surface area contributed by atoms with E-state index in [0.29, 0.717) is 46.5 Å². The molecule has 3 aromatic carbocycles. The first-order valence-electron chi connectivity index (χ1n) is 11.5. The van der Waals surface area contributed by atoms with Crippen LogP contribution in [0.15, 0.2) is 60.8 Å². The van der Waals surface area contributed by atoms with Gasteiger partial charge in [-0.2, -0.15) is 0 Å². The standard InChI is InChI=1S/C28H29N3O6/c1-33-20-8-6-19(7-9-20)30-28(32)31-22-16-27(37-5)25(35-3)14-18(22)12-23-21-15-26(36-4)24(34-2)13-17(21)10-11-29-23/h6-11,13-16H,12H2,1-5H3,(H2,30,31,32). The fraction of sp³-hybridized carbons (Fsp3) is 0.214. The molecule has 37 heavy (non-hydrogen) atoms. The van der Waals surface area contributed by atoms with E-state index in [-0.39, 0.29) is 0 Å². The first kappa shape index (κ1) is 25.4. The van der Waals surface area contributed by atoms with E-state index in [1.165, 1.54) is 0 Å². The van der Waals surface area contributed by atoms with Crippen molar-refractivity contribution in [1.29, 1.82) is 0 Å². The highest BCUT2D eigenvalue weighted by Gasteiger charge is 2.17. The minimum atomic E-state index is -0.407. The van der Waals surface area contributed by atoms with Gasteiger partial charge in [0.25, 0.3) is 0 Å². The van der Waals surface area contributed by atoms with Gasteiger partial charge in [0.05, 0.1) is 41.2 Å². The normalized spacial score (nSPS) is 10.5. The van der Waals surface area contributed by atoms with E-state index in [1.54, 1.807) is 72.1 Å². The second-order valence-electron chi connectivity index (χ2n) is 8.03. The molecule has 0 saturated carbocycles. The molecule has 0 bridgehead atoms. The summed E-state index contributed by atoms with van der Waals surface area (Å²) < 4.78 is 27.1. The molecule has 2 N–H and O–H groups in total. The second-order valence-corrected chi connectivity index (χ2v) is 8.03. The van der Waals surface area contributed by atoms with Gasteiger partial charge in [-0.1, -0.05) is 0 Å². The van der Waals surface area contributed by atoms with Gasteiger partial charge >= 0.3 is 6.03 Å². The number of methoxy groups -OCH3 is 5. The lowest BCUT2D eigenvalue weighted by atomic mass is 10.0. The van der Waals surface area contributed by atoms with E-state index in [2.05, 4.69) is 15.6 Å². The summed E-state index contributed by atoms with van der Waals surface area (Å²) in [6.07, 6.45) is 2.15. The third kappa shape index (κ3) is 5.61. The molecule has 1 heterocycles. The number of hydrogen-bond donors (Lipinski definition) is 2. The lowest BCUT2D eigenvalue weighted by molar-refractivity contribution is 0.262. The van der Waals surface area contributed by atoms with Crippen molar-refractivity contribution in [2.24, 2.45) is 0 Å². The Kier molecular flexibility index (Phi) is 7.83. The molecule has 192 valence electrons. The Hall–Kier alpha value is -4.66. The van der Waals surface area contributed by atoms with Gasteiger partial charge in [0, 0.05) is 35.4 Å². The van der Waals surface area contributed by atoms with Crippen LogP contribution in [0.25, 0.3) is 10.8 Å². The summed E-state index contributed by atoms with van der Waals surface area (Å²) in [7, 11) is 7.90. The lowest BCUT2D eigenvalue weighted by Gasteiger charge is -2.17. The number of pyridine rings is 1. The zero-order valence-corrected chi connectivity index (χ0v) is 21.4. The van der Waals surface area contributed by atoms with Gasteiger partial charge in [0.15, 0.2) is 23.0 Å². The number of ether oxygens (including phenoxy) is 5. The highest BCUT2D eigenvalue weighted by atomic mass is 16.5. The molecule has 0 unspecified atom stereocenters. The molecule has 9 nitrogen and oxygen atoms in total. The zero-order chi connectivity index (χ0) is 26.4. The van der Waals surface area contributed by atoms with E-state index >= 15 is 0 Å². The highest BCUT2D eigenvalue weighted by Crippen LogP contribution is 2.37. The summed E-state index contributed by atoms with van der Waals surface area (Å²) in [5.74, 6) is 2.97. The van der Waals surface area contributed by atoms with E-state index in [4.69, 9.17) is 23.7 Å². The van der Waals surface area contributed by atoms with E-state index in [1.807, 2.05) is 24.3 Å². The Morgan fingerprint density at radius 2 is 1.35 bits per heavy atom. The molecule has 1 aromatic heterocycles. The maximum Gasteiger partial charge on any atom is 0.323 e. The third-order valence-corrected chi connectivity index (χ3v) is 5.91. The third-order valence-electron chi connectivity index (χ3n) is 5.91. The highest BCUT2D eigenvalue weighted by molar-refractivity contribution is 6.00. The molecule has 0 fully saturated rings. The number of carbonyl (C=O) groups excluding carboxylic acids is 1. The maximum atomic E-state index is 12.9. The lowest BCUT2D eigenvalue weighted by Crippen LogP contribution is -2.20. The Morgan fingerprint density at radius 3 is 2.00 bits per heavy atom. The number of benzene rings is 3. The van der Waals surface area contributed by atoms with E-state index in [9.17, 15) is 4.79 Å². The number of hydrogen-bond acceptors (Lipinski definition) is 7. The number of nitrogens with one attached hydrogen (secondary N) is 2. The van der Waals surface area contributed by atoms with Crippen LogP contribution in [0.2, 0.25) is 0 Å². The predicted molar refractivity (Wildman–Crippen MR) is 143 cm³/mol. The number of carbonyl (C=O) groups is 1. The fourth-order valence-electron chi connectivity index (χ4n) is 4.02. The molecule has 0 spiro atoms. The molecule has 2 amide bonds. The second kappa shape index (κ2) is 11.4. The predicted octanol–water partition coefficient (Wildman–Crippen LogP) is 5.51. The summed E-state index contributed by atoms with van der Waals surface area (Å²) in [5, 5.41) is 7.63. The first-order valence-corrected chi connectivity index (χ1v) is 11.5. The van der Waals surface area contributed by atoms with Crippen LogP contribution < -0.4 is 34.3 Å². The largest absolute Gasteiger partial charge is 0.497 e. The average molecular weight is 504 g/mol. The van der Waals surface area contributed by atoms with Crippen molar-refractivity contribution in [1.82, 2.24) is 4.98 Å². The van der Waals surface area contributed by atoms with Crippen molar-refractivity contribution in [3.8, 4) is 28.7 Å². The molecule has 0 aliphatic carbocycles. The molecule has 0 saturated heterocycles. The van der Waals surface area contributed by atoms with Crippen molar-refractivity contribution in [2.75, 3.05) is 46.2 Å². The van der Waals surface area contributed by atoms with Crippen LogP contribution in [-0.2, 0) is 6.42 Å². The summed E-state index contributed by atoms with van der Waals surface area (Å²) in [6, 6.07) is 16.0. The van der Waals surface area contributed by atoms with Crippen LogP contribution in [-0.4, -0.2) is 46.6 Å². The zero-order valence-electron chi connectivity index (χ0n) is 21.4. The number of rotatable bonds is 9. The number of anilines is 2. The number of amides is 2. The van der Waals surface area contributed by atoms with Crippen LogP contribution in [0.3, 0.4) is 0 Å². The van der Waals surface area contributed by atoms with Crippen LogP contribution in [0.1, 0.15) is 11.3 Å². The fourth-order valence-corrected chi connectivity index (χ4v) is 4.02.